The molecule has 3 aromatic rings. The molecule has 0 fully saturated rings. The largest absolute Gasteiger partial charge is 0.491 e. The highest BCUT2D eigenvalue weighted by atomic mass is 16.5. The van der Waals surface area contributed by atoms with Gasteiger partial charge >= 0.3 is 0 Å². The Morgan fingerprint density at radius 1 is 1.04 bits per heavy atom. The standard InChI is InChI=1S/C23H24N2O3/c1-14(2)28-17-10-7-15(8-11-17)22(26)24-16-9-12-19-18-5-3-4-6-20(18)23(27)25-21(19)13-16/h7-14H,3-6H2,1-2H3,(H,24,26)(H,25,27). The second-order valence-corrected chi connectivity index (χ2v) is 7.52. The molecule has 1 amide bonds. The Balaban J connectivity index is 1.58. The summed E-state index contributed by atoms with van der Waals surface area (Å²) in [5, 5.41) is 3.98. The second kappa shape index (κ2) is 7.50. The number of nitrogens with one attached hydrogen (secondary N) is 2. The molecule has 1 aliphatic rings. The first-order valence-corrected chi connectivity index (χ1v) is 9.77. The first kappa shape index (κ1) is 18.3. The summed E-state index contributed by atoms with van der Waals surface area (Å²) in [6.45, 7) is 3.92. The fourth-order valence-electron chi connectivity index (χ4n) is 3.80. The van der Waals surface area contributed by atoms with Crippen molar-refractivity contribution in [2.75, 3.05) is 5.32 Å². The van der Waals surface area contributed by atoms with E-state index in [-0.39, 0.29) is 17.6 Å². The summed E-state index contributed by atoms with van der Waals surface area (Å²) in [4.78, 5) is 27.9. The predicted molar refractivity (Wildman–Crippen MR) is 111 cm³/mol. The molecule has 0 radical (unpaired) electrons. The van der Waals surface area contributed by atoms with Crippen LogP contribution in [0.2, 0.25) is 0 Å². The van der Waals surface area contributed by atoms with Crippen LogP contribution in [0.15, 0.2) is 47.3 Å². The molecule has 1 aromatic heterocycles. The van der Waals surface area contributed by atoms with E-state index in [1.807, 2.05) is 32.0 Å². The van der Waals surface area contributed by atoms with Crippen LogP contribution in [0, 0.1) is 0 Å². The Kier molecular flexibility index (Phi) is 4.90. The number of rotatable bonds is 4. The third kappa shape index (κ3) is 3.65. The van der Waals surface area contributed by atoms with Crippen molar-refractivity contribution >= 4 is 22.5 Å². The molecule has 1 aliphatic carbocycles. The molecule has 0 aliphatic heterocycles. The summed E-state index contributed by atoms with van der Waals surface area (Å²) in [6.07, 6.45) is 4.05. The van der Waals surface area contributed by atoms with Crippen LogP contribution in [-0.4, -0.2) is 17.0 Å². The molecular weight excluding hydrogens is 352 g/mol. The molecule has 5 heteroatoms. The predicted octanol–water partition coefficient (Wildman–Crippen LogP) is 4.45. The van der Waals surface area contributed by atoms with Crippen molar-refractivity contribution < 1.29 is 9.53 Å². The highest BCUT2D eigenvalue weighted by molar-refractivity contribution is 6.05. The maximum atomic E-state index is 12.6. The first-order chi connectivity index (χ1) is 13.5. The SMILES string of the molecule is CC(C)Oc1ccc(C(=O)Nc2ccc3c4c(c(=O)[nH]c3c2)CCCC4)cc1. The fraction of sp³-hybridized carbons (Fsp3) is 0.304. The van der Waals surface area contributed by atoms with Crippen molar-refractivity contribution in [1.29, 1.82) is 0 Å². The lowest BCUT2D eigenvalue weighted by Gasteiger charge is -2.17. The number of H-pyrrole nitrogens is 1. The summed E-state index contributed by atoms with van der Waals surface area (Å²) >= 11 is 0. The van der Waals surface area contributed by atoms with E-state index in [1.165, 1.54) is 0 Å². The number of ether oxygens (including phenoxy) is 1. The van der Waals surface area contributed by atoms with E-state index in [9.17, 15) is 9.59 Å². The molecule has 4 rings (SSSR count). The molecule has 0 saturated heterocycles. The smallest absolute Gasteiger partial charge is 0.255 e. The van der Waals surface area contributed by atoms with Crippen LogP contribution < -0.4 is 15.6 Å². The zero-order chi connectivity index (χ0) is 19.7. The maximum absolute atomic E-state index is 12.6. The Hall–Kier alpha value is -3.08. The number of benzene rings is 2. The Morgan fingerprint density at radius 2 is 1.75 bits per heavy atom. The van der Waals surface area contributed by atoms with Crippen LogP contribution in [0.4, 0.5) is 5.69 Å². The number of aromatic nitrogens is 1. The van der Waals surface area contributed by atoms with Crippen molar-refractivity contribution in [3.8, 4) is 5.75 Å². The van der Waals surface area contributed by atoms with E-state index in [0.717, 1.165) is 53.5 Å². The van der Waals surface area contributed by atoms with Gasteiger partial charge in [0.05, 0.1) is 11.6 Å². The van der Waals surface area contributed by atoms with Crippen LogP contribution in [0.25, 0.3) is 10.9 Å². The number of aromatic amines is 1. The van der Waals surface area contributed by atoms with Gasteiger partial charge in [0.25, 0.3) is 11.5 Å². The van der Waals surface area contributed by atoms with Gasteiger partial charge in [0.2, 0.25) is 0 Å². The van der Waals surface area contributed by atoms with Crippen LogP contribution >= 0.6 is 0 Å². The first-order valence-electron chi connectivity index (χ1n) is 9.77. The number of amides is 1. The Bertz CT molecular complexity index is 1080. The van der Waals surface area contributed by atoms with E-state index in [2.05, 4.69) is 10.3 Å². The average Bonchev–Trinajstić information content (AvgIpc) is 2.68. The number of anilines is 1. The minimum atomic E-state index is -0.198. The third-order valence-electron chi connectivity index (χ3n) is 5.08. The van der Waals surface area contributed by atoms with Gasteiger partial charge in [-0.3, -0.25) is 9.59 Å². The molecule has 144 valence electrons. The number of hydrogen-bond donors (Lipinski definition) is 2. The summed E-state index contributed by atoms with van der Waals surface area (Å²) in [6, 6.07) is 12.8. The van der Waals surface area contributed by atoms with Gasteiger partial charge in [-0.15, -0.1) is 0 Å². The monoisotopic (exact) mass is 376 g/mol. The van der Waals surface area contributed by atoms with Crippen LogP contribution in [0.3, 0.4) is 0 Å². The number of aryl methyl sites for hydroxylation is 1. The quantitative estimate of drug-likeness (QED) is 0.707. The van der Waals surface area contributed by atoms with Gasteiger partial charge in [-0.05, 0) is 81.5 Å². The molecule has 2 aromatic carbocycles. The third-order valence-corrected chi connectivity index (χ3v) is 5.08. The minimum Gasteiger partial charge on any atom is -0.491 e. The topological polar surface area (TPSA) is 71.2 Å². The van der Waals surface area contributed by atoms with Gasteiger partial charge in [0.15, 0.2) is 0 Å². The highest BCUT2D eigenvalue weighted by Gasteiger charge is 2.16. The van der Waals surface area contributed by atoms with Crippen molar-refractivity contribution in [2.45, 2.75) is 45.6 Å². The van der Waals surface area contributed by atoms with Gasteiger partial charge in [-0.1, -0.05) is 6.07 Å². The van der Waals surface area contributed by atoms with Crippen LogP contribution in [-0.2, 0) is 12.8 Å². The summed E-state index contributed by atoms with van der Waals surface area (Å²) in [5.41, 5.74) is 4.04. The molecule has 2 N–H and O–H groups in total. The molecule has 0 bridgehead atoms. The van der Waals surface area contributed by atoms with Gasteiger partial charge in [0.1, 0.15) is 5.75 Å². The van der Waals surface area contributed by atoms with Gasteiger partial charge < -0.3 is 15.0 Å². The molecule has 0 spiro atoms. The van der Waals surface area contributed by atoms with Gasteiger partial charge in [-0.25, -0.2) is 0 Å². The number of hydrogen-bond acceptors (Lipinski definition) is 3. The lowest BCUT2D eigenvalue weighted by molar-refractivity contribution is 0.102. The summed E-state index contributed by atoms with van der Waals surface area (Å²) in [5.74, 6) is 0.537. The van der Waals surface area contributed by atoms with E-state index in [1.54, 1.807) is 24.3 Å². The van der Waals surface area contributed by atoms with Gasteiger partial charge in [0, 0.05) is 22.2 Å². The molecule has 1 heterocycles. The summed E-state index contributed by atoms with van der Waals surface area (Å²) in [7, 11) is 0. The lowest BCUT2D eigenvalue weighted by atomic mass is 9.90. The van der Waals surface area contributed by atoms with Crippen molar-refractivity contribution in [3.63, 3.8) is 0 Å². The normalized spacial score (nSPS) is 13.4. The van der Waals surface area contributed by atoms with Gasteiger partial charge in [-0.2, -0.15) is 0 Å². The number of fused-ring (bicyclic) bond motifs is 3. The molecule has 0 unspecified atom stereocenters. The van der Waals surface area contributed by atoms with Crippen molar-refractivity contribution in [2.24, 2.45) is 0 Å². The Labute approximate surface area is 163 Å². The number of carbonyl (C=O) groups excluding carboxylic acids is 1. The summed E-state index contributed by atoms with van der Waals surface area (Å²) < 4.78 is 5.61. The minimum absolute atomic E-state index is 0.00795. The molecule has 28 heavy (non-hydrogen) atoms. The lowest BCUT2D eigenvalue weighted by Crippen LogP contribution is -2.19. The number of carbonyl (C=O) groups is 1. The second-order valence-electron chi connectivity index (χ2n) is 7.52. The van der Waals surface area contributed by atoms with E-state index < -0.39 is 0 Å². The van der Waals surface area contributed by atoms with Crippen molar-refractivity contribution in [3.05, 3.63) is 69.5 Å². The zero-order valence-corrected chi connectivity index (χ0v) is 16.2. The van der Waals surface area contributed by atoms with Crippen molar-refractivity contribution in [1.82, 2.24) is 4.98 Å². The molecular formula is C23H24N2O3. The van der Waals surface area contributed by atoms with Crippen LogP contribution in [0.5, 0.6) is 5.75 Å². The number of pyridine rings is 1. The highest BCUT2D eigenvalue weighted by Crippen LogP contribution is 2.27. The molecule has 0 atom stereocenters. The Morgan fingerprint density at radius 3 is 2.46 bits per heavy atom. The molecule has 5 nitrogen and oxygen atoms in total. The average molecular weight is 376 g/mol. The fourth-order valence-corrected chi connectivity index (χ4v) is 3.80. The molecule has 0 saturated carbocycles. The van der Waals surface area contributed by atoms with Crippen LogP contribution in [0.1, 0.15) is 48.2 Å². The van der Waals surface area contributed by atoms with E-state index >= 15 is 0 Å². The zero-order valence-electron chi connectivity index (χ0n) is 16.2. The maximum Gasteiger partial charge on any atom is 0.255 e. The van der Waals surface area contributed by atoms with E-state index in [0.29, 0.717) is 11.3 Å². The van der Waals surface area contributed by atoms with E-state index in [4.69, 9.17) is 4.74 Å².